The van der Waals surface area contributed by atoms with Crippen LogP contribution in [0.5, 0.6) is 0 Å². The van der Waals surface area contributed by atoms with Gasteiger partial charge in [0.05, 0.1) is 0 Å². The van der Waals surface area contributed by atoms with Gasteiger partial charge in [-0.2, -0.15) is 0 Å². The molecule has 0 fully saturated rings. The van der Waals surface area contributed by atoms with Crippen LogP contribution >= 0.6 is 0 Å². The molecule has 1 nitrogen and oxygen atoms in total. The van der Waals surface area contributed by atoms with Gasteiger partial charge in [-0.25, -0.2) is 4.39 Å². The van der Waals surface area contributed by atoms with Crippen molar-refractivity contribution in [1.82, 2.24) is 5.32 Å². The average Bonchev–Trinajstić information content (AvgIpc) is 2.02. The van der Waals surface area contributed by atoms with Gasteiger partial charge in [0.25, 0.3) is 0 Å². The Morgan fingerprint density at radius 3 is 2.07 bits per heavy atom. The highest BCUT2D eigenvalue weighted by molar-refractivity contribution is 5.19. The molecular weight excluding hydrogens is 177 g/mol. The molecule has 0 aliphatic carbocycles. The molecule has 2 heteroatoms. The van der Waals surface area contributed by atoms with Crippen molar-refractivity contribution >= 4 is 0 Å². The molecule has 1 N–H and O–H groups in total. The lowest BCUT2D eigenvalue weighted by Crippen LogP contribution is -2.37. The van der Waals surface area contributed by atoms with Crippen LogP contribution in [0.4, 0.5) is 4.39 Å². The van der Waals surface area contributed by atoms with Crippen molar-refractivity contribution < 1.29 is 4.39 Å². The zero-order chi connectivity index (χ0) is 10.8. The Hall–Kier alpha value is -0.890. The summed E-state index contributed by atoms with van der Waals surface area (Å²) >= 11 is 0. The molecule has 0 aliphatic heterocycles. The monoisotopic (exact) mass is 195 g/mol. The maximum absolute atomic E-state index is 12.7. The first-order valence-corrected chi connectivity index (χ1v) is 4.92. The van der Waals surface area contributed by atoms with Gasteiger partial charge in [0, 0.05) is 11.6 Å². The summed E-state index contributed by atoms with van der Waals surface area (Å²) in [6, 6.07) is 6.87. The van der Waals surface area contributed by atoms with E-state index < -0.39 is 0 Å². The minimum absolute atomic E-state index is 0.0772. The molecule has 0 spiro atoms. The summed E-state index contributed by atoms with van der Waals surface area (Å²) in [4.78, 5) is 0. The van der Waals surface area contributed by atoms with Crippen LogP contribution in [-0.4, -0.2) is 5.54 Å². The van der Waals surface area contributed by atoms with Crippen molar-refractivity contribution in [2.24, 2.45) is 0 Å². The standard InChI is InChI=1S/C12H18FN/c1-9(14-12(2,3)4)10-5-7-11(13)8-6-10/h5-9,14H,1-4H3/t9-/m0/s1. The second kappa shape index (κ2) is 4.09. The van der Waals surface area contributed by atoms with Crippen molar-refractivity contribution in [1.29, 1.82) is 0 Å². The summed E-state index contributed by atoms with van der Waals surface area (Å²) in [6.07, 6.45) is 0. The van der Waals surface area contributed by atoms with E-state index in [1.807, 2.05) is 12.1 Å². The van der Waals surface area contributed by atoms with Crippen molar-refractivity contribution in [3.63, 3.8) is 0 Å². The van der Waals surface area contributed by atoms with E-state index in [4.69, 9.17) is 0 Å². The number of hydrogen-bond acceptors (Lipinski definition) is 1. The van der Waals surface area contributed by atoms with Gasteiger partial charge in [-0.05, 0) is 45.4 Å². The van der Waals surface area contributed by atoms with Crippen LogP contribution in [0.3, 0.4) is 0 Å². The molecule has 14 heavy (non-hydrogen) atoms. The number of hydrogen-bond donors (Lipinski definition) is 1. The van der Waals surface area contributed by atoms with Gasteiger partial charge in [-0.1, -0.05) is 12.1 Å². The van der Waals surface area contributed by atoms with Gasteiger partial charge >= 0.3 is 0 Å². The van der Waals surface area contributed by atoms with E-state index >= 15 is 0 Å². The fraction of sp³-hybridized carbons (Fsp3) is 0.500. The highest BCUT2D eigenvalue weighted by atomic mass is 19.1. The molecule has 0 amide bonds. The molecule has 1 aromatic carbocycles. The third-order valence-corrected chi connectivity index (χ3v) is 2.02. The Kier molecular flexibility index (Phi) is 3.27. The zero-order valence-electron chi connectivity index (χ0n) is 9.26. The van der Waals surface area contributed by atoms with Gasteiger partial charge < -0.3 is 5.32 Å². The second-order valence-electron chi connectivity index (χ2n) is 4.67. The Balaban J connectivity index is 2.70. The van der Waals surface area contributed by atoms with E-state index in [9.17, 15) is 4.39 Å². The molecule has 0 radical (unpaired) electrons. The summed E-state index contributed by atoms with van der Waals surface area (Å²) < 4.78 is 12.7. The molecule has 0 bridgehead atoms. The second-order valence-corrected chi connectivity index (χ2v) is 4.67. The van der Waals surface area contributed by atoms with E-state index in [1.165, 1.54) is 12.1 Å². The molecule has 0 aromatic heterocycles. The summed E-state index contributed by atoms with van der Waals surface area (Å²) in [7, 11) is 0. The first-order valence-electron chi connectivity index (χ1n) is 4.92. The van der Waals surface area contributed by atoms with E-state index in [2.05, 4.69) is 33.0 Å². The number of benzene rings is 1. The first-order chi connectivity index (χ1) is 6.38. The van der Waals surface area contributed by atoms with Crippen LogP contribution in [0.1, 0.15) is 39.3 Å². The van der Waals surface area contributed by atoms with Crippen LogP contribution in [0.15, 0.2) is 24.3 Å². The van der Waals surface area contributed by atoms with Crippen LogP contribution in [0.25, 0.3) is 0 Å². The summed E-state index contributed by atoms with van der Waals surface area (Å²) in [6.45, 7) is 8.44. The predicted octanol–water partition coefficient (Wildman–Crippen LogP) is 3.27. The van der Waals surface area contributed by atoms with Crippen molar-refractivity contribution in [2.75, 3.05) is 0 Å². The van der Waals surface area contributed by atoms with Crippen molar-refractivity contribution in [3.8, 4) is 0 Å². The normalized spacial score (nSPS) is 14.1. The number of nitrogens with one attached hydrogen (secondary N) is 1. The fourth-order valence-corrected chi connectivity index (χ4v) is 1.48. The molecule has 0 saturated carbocycles. The van der Waals surface area contributed by atoms with Crippen LogP contribution in [0, 0.1) is 5.82 Å². The molecule has 0 unspecified atom stereocenters. The lowest BCUT2D eigenvalue weighted by Gasteiger charge is -2.26. The van der Waals surface area contributed by atoms with E-state index in [1.54, 1.807) is 0 Å². The maximum atomic E-state index is 12.7. The molecule has 0 saturated heterocycles. The van der Waals surface area contributed by atoms with Crippen LogP contribution in [-0.2, 0) is 0 Å². The van der Waals surface area contributed by atoms with Gasteiger partial charge in [-0.3, -0.25) is 0 Å². The average molecular weight is 195 g/mol. The SMILES string of the molecule is C[C@H](NC(C)(C)C)c1ccc(F)cc1. The molecule has 1 rings (SSSR count). The predicted molar refractivity (Wildman–Crippen MR) is 57.7 cm³/mol. The smallest absolute Gasteiger partial charge is 0.123 e. The topological polar surface area (TPSA) is 12.0 Å². The van der Waals surface area contributed by atoms with Gasteiger partial charge in [0.15, 0.2) is 0 Å². The number of halogens is 1. The van der Waals surface area contributed by atoms with Gasteiger partial charge in [-0.15, -0.1) is 0 Å². The Labute approximate surface area is 85.3 Å². The van der Waals surface area contributed by atoms with Crippen molar-refractivity contribution in [2.45, 2.75) is 39.3 Å². The minimum atomic E-state index is -0.184. The summed E-state index contributed by atoms with van der Waals surface area (Å²) in [5.74, 6) is -0.184. The largest absolute Gasteiger partial charge is 0.306 e. The Morgan fingerprint density at radius 1 is 1.14 bits per heavy atom. The van der Waals surface area contributed by atoms with E-state index in [0.717, 1.165) is 5.56 Å². The van der Waals surface area contributed by atoms with Gasteiger partial charge in [0.1, 0.15) is 5.82 Å². The van der Waals surface area contributed by atoms with E-state index in [0.29, 0.717) is 0 Å². The Bertz CT molecular complexity index is 284. The molecule has 0 heterocycles. The third-order valence-electron chi connectivity index (χ3n) is 2.02. The quantitative estimate of drug-likeness (QED) is 0.763. The minimum Gasteiger partial charge on any atom is -0.306 e. The van der Waals surface area contributed by atoms with E-state index in [-0.39, 0.29) is 17.4 Å². The van der Waals surface area contributed by atoms with Crippen molar-refractivity contribution in [3.05, 3.63) is 35.6 Å². The summed E-state index contributed by atoms with van der Waals surface area (Å²) in [5.41, 5.74) is 1.19. The molecule has 1 aromatic rings. The number of rotatable bonds is 2. The van der Waals surface area contributed by atoms with Gasteiger partial charge in [0.2, 0.25) is 0 Å². The van der Waals surface area contributed by atoms with Crippen LogP contribution < -0.4 is 5.32 Å². The molecular formula is C12H18FN. The zero-order valence-corrected chi connectivity index (χ0v) is 9.26. The molecule has 0 aliphatic rings. The Morgan fingerprint density at radius 2 is 1.64 bits per heavy atom. The lowest BCUT2D eigenvalue weighted by atomic mass is 10.0. The lowest BCUT2D eigenvalue weighted by molar-refractivity contribution is 0.378. The molecule has 1 atom stereocenters. The third kappa shape index (κ3) is 3.46. The molecule has 78 valence electrons. The highest BCUT2D eigenvalue weighted by Gasteiger charge is 2.14. The van der Waals surface area contributed by atoms with Crippen LogP contribution in [0.2, 0.25) is 0 Å². The maximum Gasteiger partial charge on any atom is 0.123 e. The fourth-order valence-electron chi connectivity index (χ4n) is 1.48. The summed E-state index contributed by atoms with van der Waals surface area (Å²) in [5, 5.41) is 3.43. The first kappa shape index (κ1) is 11.2. The highest BCUT2D eigenvalue weighted by Crippen LogP contribution is 2.16.